The molecule has 0 radical (unpaired) electrons. The molecule has 1 saturated carbocycles. The molecule has 1 amide bonds. The number of fused-ring (bicyclic) bond motifs is 2. The molecule has 20 heavy (non-hydrogen) atoms. The predicted octanol–water partition coefficient (Wildman–Crippen LogP) is 2.08. The maximum absolute atomic E-state index is 12.7. The molecule has 4 nitrogen and oxygen atoms in total. The monoisotopic (exact) mass is 280 g/mol. The van der Waals surface area contributed by atoms with Crippen molar-refractivity contribution in [1.29, 1.82) is 0 Å². The molecule has 0 aromatic heterocycles. The Bertz CT molecular complexity index is 350. The van der Waals surface area contributed by atoms with Crippen LogP contribution in [-0.4, -0.2) is 48.2 Å². The number of amides is 1. The summed E-state index contributed by atoms with van der Waals surface area (Å²) < 4.78 is 5.62. The summed E-state index contributed by atoms with van der Waals surface area (Å²) in [6, 6.07) is 1.72. The molecule has 3 aliphatic rings. The van der Waals surface area contributed by atoms with Gasteiger partial charge >= 0.3 is 0 Å². The molecule has 0 aromatic carbocycles. The SMILES string of the molecule is CCN(C(=O)CC1(OC)CCC1)C1CC2CCC(C1)N2. The Kier molecular flexibility index (Phi) is 4.04. The van der Waals surface area contributed by atoms with Gasteiger partial charge in [-0.2, -0.15) is 0 Å². The summed E-state index contributed by atoms with van der Waals surface area (Å²) in [4.78, 5) is 14.8. The highest BCUT2D eigenvalue weighted by Crippen LogP contribution is 2.39. The van der Waals surface area contributed by atoms with E-state index in [4.69, 9.17) is 4.74 Å². The molecule has 0 spiro atoms. The lowest BCUT2D eigenvalue weighted by atomic mass is 9.77. The number of carbonyl (C=O) groups excluding carboxylic acids is 1. The van der Waals surface area contributed by atoms with Crippen LogP contribution in [0.3, 0.4) is 0 Å². The molecule has 2 unspecified atom stereocenters. The number of nitrogens with one attached hydrogen (secondary N) is 1. The second-order valence-electron chi connectivity index (χ2n) is 6.86. The molecule has 2 heterocycles. The Hall–Kier alpha value is -0.610. The van der Waals surface area contributed by atoms with Crippen LogP contribution in [0, 0.1) is 0 Å². The van der Waals surface area contributed by atoms with Gasteiger partial charge in [0.05, 0.1) is 12.0 Å². The number of carbonyl (C=O) groups is 1. The minimum Gasteiger partial charge on any atom is -0.378 e. The van der Waals surface area contributed by atoms with Gasteiger partial charge in [0.25, 0.3) is 0 Å². The van der Waals surface area contributed by atoms with E-state index in [1.54, 1.807) is 7.11 Å². The summed E-state index contributed by atoms with van der Waals surface area (Å²) in [5, 5.41) is 3.66. The number of hydrogen-bond donors (Lipinski definition) is 1. The Morgan fingerprint density at radius 3 is 2.40 bits per heavy atom. The Balaban J connectivity index is 1.62. The first kappa shape index (κ1) is 14.3. The van der Waals surface area contributed by atoms with Crippen molar-refractivity contribution in [1.82, 2.24) is 10.2 Å². The fourth-order valence-corrected chi connectivity index (χ4v) is 4.32. The van der Waals surface area contributed by atoms with Gasteiger partial charge in [-0.05, 0) is 51.9 Å². The summed E-state index contributed by atoms with van der Waals surface area (Å²) in [7, 11) is 1.76. The van der Waals surface area contributed by atoms with Gasteiger partial charge in [0.15, 0.2) is 0 Å². The molecular formula is C16H28N2O2. The summed E-state index contributed by atoms with van der Waals surface area (Å²) in [5.41, 5.74) is -0.142. The Morgan fingerprint density at radius 2 is 1.95 bits per heavy atom. The van der Waals surface area contributed by atoms with Crippen molar-refractivity contribution in [3.63, 3.8) is 0 Å². The van der Waals surface area contributed by atoms with Crippen LogP contribution < -0.4 is 5.32 Å². The lowest BCUT2D eigenvalue weighted by molar-refractivity contribution is -0.146. The molecule has 114 valence electrons. The Morgan fingerprint density at radius 1 is 1.30 bits per heavy atom. The average molecular weight is 280 g/mol. The number of rotatable bonds is 5. The van der Waals surface area contributed by atoms with Gasteiger partial charge in [-0.25, -0.2) is 0 Å². The van der Waals surface area contributed by atoms with Crippen LogP contribution in [0.1, 0.15) is 58.3 Å². The highest BCUT2D eigenvalue weighted by atomic mass is 16.5. The number of nitrogens with zero attached hydrogens (tertiary/aromatic N) is 1. The van der Waals surface area contributed by atoms with Crippen LogP contribution in [-0.2, 0) is 9.53 Å². The first-order valence-electron chi connectivity index (χ1n) is 8.26. The fourth-order valence-electron chi connectivity index (χ4n) is 4.32. The molecule has 1 aliphatic carbocycles. The maximum Gasteiger partial charge on any atom is 0.225 e. The van der Waals surface area contributed by atoms with Gasteiger partial charge in [-0.15, -0.1) is 0 Å². The topological polar surface area (TPSA) is 41.6 Å². The van der Waals surface area contributed by atoms with Crippen molar-refractivity contribution < 1.29 is 9.53 Å². The van der Waals surface area contributed by atoms with Gasteiger partial charge in [0, 0.05) is 31.8 Å². The standard InChI is InChI=1S/C16H28N2O2/c1-3-18(14-9-12-5-6-13(10-14)17-12)15(19)11-16(20-2)7-4-8-16/h12-14,17H,3-11H2,1-2H3. The summed E-state index contributed by atoms with van der Waals surface area (Å²) in [6.45, 7) is 2.95. The highest BCUT2D eigenvalue weighted by Gasteiger charge is 2.42. The van der Waals surface area contributed by atoms with Crippen molar-refractivity contribution in [2.24, 2.45) is 0 Å². The fraction of sp³-hybridized carbons (Fsp3) is 0.938. The van der Waals surface area contributed by atoms with Crippen LogP contribution in [0.15, 0.2) is 0 Å². The van der Waals surface area contributed by atoms with Gasteiger partial charge < -0.3 is 15.0 Å². The smallest absolute Gasteiger partial charge is 0.225 e. The van der Waals surface area contributed by atoms with Crippen LogP contribution in [0.2, 0.25) is 0 Å². The number of piperidine rings is 1. The number of hydrogen-bond acceptors (Lipinski definition) is 3. The second-order valence-corrected chi connectivity index (χ2v) is 6.86. The van der Waals surface area contributed by atoms with Crippen molar-refractivity contribution in [3.05, 3.63) is 0 Å². The van der Waals surface area contributed by atoms with Gasteiger partial charge in [0.2, 0.25) is 5.91 Å². The molecule has 2 aliphatic heterocycles. The van der Waals surface area contributed by atoms with Gasteiger partial charge in [-0.3, -0.25) is 4.79 Å². The molecule has 1 N–H and O–H groups in total. The van der Waals surface area contributed by atoms with E-state index < -0.39 is 0 Å². The van der Waals surface area contributed by atoms with Crippen molar-refractivity contribution in [2.45, 2.75) is 82.0 Å². The maximum atomic E-state index is 12.7. The molecule has 2 atom stereocenters. The molecular weight excluding hydrogens is 252 g/mol. The normalized spacial score (nSPS) is 34.6. The van der Waals surface area contributed by atoms with Crippen molar-refractivity contribution in [3.8, 4) is 0 Å². The van der Waals surface area contributed by atoms with E-state index in [1.807, 2.05) is 0 Å². The van der Waals surface area contributed by atoms with Crippen molar-refractivity contribution >= 4 is 5.91 Å². The average Bonchev–Trinajstić information content (AvgIpc) is 2.74. The third kappa shape index (κ3) is 2.60. The Labute approximate surface area is 122 Å². The second kappa shape index (κ2) is 5.64. The molecule has 2 bridgehead atoms. The lowest BCUT2D eigenvalue weighted by Crippen LogP contribution is -2.52. The van der Waals surface area contributed by atoms with E-state index >= 15 is 0 Å². The van der Waals surface area contributed by atoms with Crippen molar-refractivity contribution in [2.75, 3.05) is 13.7 Å². The largest absolute Gasteiger partial charge is 0.378 e. The van der Waals surface area contributed by atoms with Gasteiger partial charge in [-0.1, -0.05) is 0 Å². The zero-order valence-corrected chi connectivity index (χ0v) is 12.9. The number of ether oxygens (including phenoxy) is 1. The van der Waals surface area contributed by atoms with E-state index in [1.165, 1.54) is 19.3 Å². The molecule has 0 aromatic rings. The van der Waals surface area contributed by atoms with E-state index in [0.29, 0.717) is 30.5 Å². The zero-order chi connectivity index (χ0) is 14.2. The summed E-state index contributed by atoms with van der Waals surface area (Å²) in [5.74, 6) is 0.306. The summed E-state index contributed by atoms with van der Waals surface area (Å²) in [6.07, 6.45) is 8.71. The third-order valence-corrected chi connectivity index (χ3v) is 5.72. The van der Waals surface area contributed by atoms with Gasteiger partial charge in [0.1, 0.15) is 0 Å². The first-order chi connectivity index (χ1) is 9.65. The van der Waals surface area contributed by atoms with E-state index in [9.17, 15) is 4.79 Å². The van der Waals surface area contributed by atoms with Crippen LogP contribution in [0.4, 0.5) is 0 Å². The van der Waals surface area contributed by atoms with E-state index in [2.05, 4.69) is 17.1 Å². The quantitative estimate of drug-likeness (QED) is 0.838. The minimum atomic E-state index is -0.142. The molecule has 4 heteroatoms. The van der Waals surface area contributed by atoms with Crippen LogP contribution in [0.25, 0.3) is 0 Å². The predicted molar refractivity (Wildman–Crippen MR) is 78.6 cm³/mol. The molecule has 3 rings (SSSR count). The third-order valence-electron chi connectivity index (χ3n) is 5.72. The summed E-state index contributed by atoms with van der Waals surface area (Å²) >= 11 is 0. The zero-order valence-electron chi connectivity index (χ0n) is 12.9. The molecule has 2 saturated heterocycles. The van der Waals surface area contributed by atoms with E-state index in [-0.39, 0.29) is 5.60 Å². The van der Waals surface area contributed by atoms with E-state index in [0.717, 1.165) is 32.2 Å². The van der Waals surface area contributed by atoms with Crippen LogP contribution >= 0.6 is 0 Å². The minimum absolute atomic E-state index is 0.142. The first-order valence-corrected chi connectivity index (χ1v) is 8.26. The highest BCUT2D eigenvalue weighted by molar-refractivity contribution is 5.77. The van der Waals surface area contributed by atoms with Crippen LogP contribution in [0.5, 0.6) is 0 Å². The number of methoxy groups -OCH3 is 1. The lowest BCUT2D eigenvalue weighted by Gasteiger charge is -2.43. The molecule has 3 fully saturated rings.